The summed E-state index contributed by atoms with van der Waals surface area (Å²) in [6.45, 7) is 4.98. The van der Waals surface area contributed by atoms with E-state index in [0.717, 1.165) is 25.7 Å². The minimum Gasteiger partial charge on any atom is -0.393 e. The first-order valence-electron chi connectivity index (χ1n) is 6.51. The molecule has 0 unspecified atom stereocenters. The number of hydrogen-bond acceptors (Lipinski definition) is 2. The zero-order valence-electron chi connectivity index (χ0n) is 10.8. The fourth-order valence-electron chi connectivity index (χ4n) is 2.49. The van der Waals surface area contributed by atoms with Crippen LogP contribution in [-0.2, 0) is 11.3 Å². The second-order valence-corrected chi connectivity index (χ2v) is 5.11. The average molecular weight is 234 g/mol. The molecule has 94 valence electrons. The molecule has 0 atom stereocenters. The number of rotatable bonds is 3. The molecule has 0 heterocycles. The van der Waals surface area contributed by atoms with Gasteiger partial charge in [0.15, 0.2) is 0 Å². The molecular weight excluding hydrogens is 212 g/mol. The average Bonchev–Trinajstić information content (AvgIpc) is 2.31. The molecule has 1 N–H and O–H groups in total. The highest BCUT2D eigenvalue weighted by atomic mass is 16.5. The largest absolute Gasteiger partial charge is 0.393 e. The van der Waals surface area contributed by atoms with Crippen LogP contribution in [0, 0.1) is 13.8 Å². The molecule has 2 heteroatoms. The Kier molecular flexibility index (Phi) is 4.19. The molecule has 0 saturated heterocycles. The standard InChI is InChI=1S/C15H22O2/c1-11-4-3-5-12(2)15(11)10-17-14-8-6-13(16)7-9-14/h3-5,13-14,16H,6-10H2,1-2H3. The normalized spacial score (nSPS) is 24.9. The van der Waals surface area contributed by atoms with Crippen LogP contribution >= 0.6 is 0 Å². The maximum Gasteiger partial charge on any atom is 0.0725 e. The molecule has 0 spiro atoms. The van der Waals surface area contributed by atoms with E-state index in [2.05, 4.69) is 32.0 Å². The molecule has 1 fully saturated rings. The summed E-state index contributed by atoms with van der Waals surface area (Å²) in [7, 11) is 0. The fourth-order valence-corrected chi connectivity index (χ4v) is 2.49. The molecule has 0 amide bonds. The predicted octanol–water partition coefficient (Wildman–Crippen LogP) is 3.12. The maximum absolute atomic E-state index is 9.44. The number of benzene rings is 1. The van der Waals surface area contributed by atoms with E-state index >= 15 is 0 Å². The first-order valence-corrected chi connectivity index (χ1v) is 6.51. The summed E-state index contributed by atoms with van der Waals surface area (Å²) in [4.78, 5) is 0. The minimum atomic E-state index is -0.102. The van der Waals surface area contributed by atoms with E-state index in [-0.39, 0.29) is 6.10 Å². The monoisotopic (exact) mass is 234 g/mol. The molecule has 0 bridgehead atoms. The third-order valence-corrected chi connectivity index (χ3v) is 3.75. The van der Waals surface area contributed by atoms with Crippen LogP contribution in [0.4, 0.5) is 0 Å². The molecule has 1 aromatic rings. The summed E-state index contributed by atoms with van der Waals surface area (Å²) in [5.41, 5.74) is 3.93. The molecular formula is C15H22O2. The summed E-state index contributed by atoms with van der Waals surface area (Å²) in [5.74, 6) is 0. The van der Waals surface area contributed by atoms with Gasteiger partial charge in [-0.3, -0.25) is 0 Å². The third kappa shape index (κ3) is 3.30. The minimum absolute atomic E-state index is 0.102. The van der Waals surface area contributed by atoms with Crippen LogP contribution in [0.15, 0.2) is 18.2 Å². The van der Waals surface area contributed by atoms with Gasteiger partial charge in [0, 0.05) is 0 Å². The van der Waals surface area contributed by atoms with Gasteiger partial charge in [0.05, 0.1) is 18.8 Å². The third-order valence-electron chi connectivity index (χ3n) is 3.75. The first-order chi connectivity index (χ1) is 8.16. The lowest BCUT2D eigenvalue weighted by molar-refractivity contribution is -0.0121. The van der Waals surface area contributed by atoms with Crippen LogP contribution in [0.1, 0.15) is 42.4 Å². The lowest BCUT2D eigenvalue weighted by atomic mass is 9.95. The Labute approximate surface area is 104 Å². The van der Waals surface area contributed by atoms with Crippen molar-refractivity contribution >= 4 is 0 Å². The van der Waals surface area contributed by atoms with Crippen LogP contribution in [-0.4, -0.2) is 17.3 Å². The lowest BCUT2D eigenvalue weighted by Gasteiger charge is -2.26. The fraction of sp³-hybridized carbons (Fsp3) is 0.600. The lowest BCUT2D eigenvalue weighted by Crippen LogP contribution is -2.24. The second kappa shape index (κ2) is 5.65. The highest BCUT2D eigenvalue weighted by Crippen LogP contribution is 2.23. The van der Waals surface area contributed by atoms with Gasteiger partial charge in [-0.15, -0.1) is 0 Å². The molecule has 0 aromatic heterocycles. The molecule has 1 aliphatic rings. The number of aliphatic hydroxyl groups excluding tert-OH is 1. The van der Waals surface area contributed by atoms with Crippen molar-refractivity contribution in [1.29, 1.82) is 0 Å². The maximum atomic E-state index is 9.44. The molecule has 0 aliphatic heterocycles. The highest BCUT2D eigenvalue weighted by Gasteiger charge is 2.20. The van der Waals surface area contributed by atoms with Crippen molar-refractivity contribution in [3.05, 3.63) is 34.9 Å². The van der Waals surface area contributed by atoms with Crippen molar-refractivity contribution in [3.63, 3.8) is 0 Å². The molecule has 1 saturated carbocycles. The summed E-state index contributed by atoms with van der Waals surface area (Å²) in [6.07, 6.45) is 3.99. The number of aliphatic hydroxyl groups is 1. The van der Waals surface area contributed by atoms with Crippen LogP contribution in [0.2, 0.25) is 0 Å². The molecule has 0 radical (unpaired) electrons. The quantitative estimate of drug-likeness (QED) is 0.870. The zero-order chi connectivity index (χ0) is 12.3. The predicted molar refractivity (Wildman–Crippen MR) is 69.0 cm³/mol. The molecule has 1 aliphatic carbocycles. The Morgan fingerprint density at radius 2 is 1.71 bits per heavy atom. The van der Waals surface area contributed by atoms with Crippen LogP contribution in [0.25, 0.3) is 0 Å². The van der Waals surface area contributed by atoms with E-state index in [1.54, 1.807) is 0 Å². The van der Waals surface area contributed by atoms with Gasteiger partial charge < -0.3 is 9.84 Å². The molecule has 1 aromatic carbocycles. The second-order valence-electron chi connectivity index (χ2n) is 5.11. The Morgan fingerprint density at radius 3 is 2.29 bits per heavy atom. The SMILES string of the molecule is Cc1cccc(C)c1COC1CCC(O)CC1. The first kappa shape index (κ1) is 12.6. The number of hydrogen-bond donors (Lipinski definition) is 1. The van der Waals surface area contributed by atoms with Gasteiger partial charge in [0.1, 0.15) is 0 Å². The van der Waals surface area contributed by atoms with Gasteiger partial charge >= 0.3 is 0 Å². The Hall–Kier alpha value is -0.860. The summed E-state index contributed by atoms with van der Waals surface area (Å²) in [6, 6.07) is 6.36. The molecule has 17 heavy (non-hydrogen) atoms. The summed E-state index contributed by atoms with van der Waals surface area (Å²) >= 11 is 0. The van der Waals surface area contributed by atoms with Crippen molar-refractivity contribution in [2.24, 2.45) is 0 Å². The topological polar surface area (TPSA) is 29.5 Å². The van der Waals surface area contributed by atoms with Gasteiger partial charge in [0.2, 0.25) is 0 Å². The molecule has 2 rings (SSSR count). The van der Waals surface area contributed by atoms with E-state index in [1.807, 2.05) is 0 Å². The smallest absolute Gasteiger partial charge is 0.0725 e. The van der Waals surface area contributed by atoms with Gasteiger partial charge in [-0.05, 0) is 56.2 Å². The van der Waals surface area contributed by atoms with Gasteiger partial charge in [-0.2, -0.15) is 0 Å². The van der Waals surface area contributed by atoms with E-state index in [9.17, 15) is 5.11 Å². The van der Waals surface area contributed by atoms with Gasteiger partial charge in [-0.1, -0.05) is 18.2 Å². The van der Waals surface area contributed by atoms with Crippen LogP contribution in [0.3, 0.4) is 0 Å². The van der Waals surface area contributed by atoms with Gasteiger partial charge in [-0.25, -0.2) is 0 Å². The van der Waals surface area contributed by atoms with Crippen LogP contribution in [0.5, 0.6) is 0 Å². The van der Waals surface area contributed by atoms with E-state index in [0.29, 0.717) is 12.7 Å². The van der Waals surface area contributed by atoms with Gasteiger partial charge in [0.25, 0.3) is 0 Å². The summed E-state index contributed by atoms with van der Waals surface area (Å²) < 4.78 is 5.97. The van der Waals surface area contributed by atoms with E-state index < -0.39 is 0 Å². The Bertz CT molecular complexity index is 345. The van der Waals surface area contributed by atoms with Crippen molar-refractivity contribution < 1.29 is 9.84 Å². The van der Waals surface area contributed by atoms with Crippen LogP contribution < -0.4 is 0 Å². The van der Waals surface area contributed by atoms with Crippen molar-refractivity contribution in [1.82, 2.24) is 0 Å². The van der Waals surface area contributed by atoms with E-state index in [1.165, 1.54) is 16.7 Å². The van der Waals surface area contributed by atoms with E-state index in [4.69, 9.17) is 4.74 Å². The Balaban J connectivity index is 1.89. The van der Waals surface area contributed by atoms with Crippen molar-refractivity contribution in [2.45, 2.75) is 58.3 Å². The van der Waals surface area contributed by atoms with Crippen molar-refractivity contribution in [3.8, 4) is 0 Å². The highest BCUT2D eigenvalue weighted by molar-refractivity contribution is 5.32. The molecule has 2 nitrogen and oxygen atoms in total. The summed E-state index contributed by atoms with van der Waals surface area (Å²) in [5, 5.41) is 9.44. The van der Waals surface area contributed by atoms with Crippen molar-refractivity contribution in [2.75, 3.05) is 0 Å². The Morgan fingerprint density at radius 1 is 1.12 bits per heavy atom. The number of ether oxygens (including phenoxy) is 1. The number of aryl methyl sites for hydroxylation is 2. The zero-order valence-corrected chi connectivity index (χ0v) is 10.8.